The van der Waals surface area contributed by atoms with Crippen LogP contribution in [0.2, 0.25) is 10.0 Å². The van der Waals surface area contributed by atoms with Crippen LogP contribution in [0.15, 0.2) is 60.3 Å². The Morgan fingerprint density at radius 3 is 2.35 bits per heavy atom. The minimum Gasteiger partial charge on any atom is -0.504 e. The van der Waals surface area contributed by atoms with Gasteiger partial charge in [0.2, 0.25) is 11.8 Å². The number of hydrogen-bond acceptors (Lipinski definition) is 8. The largest absolute Gasteiger partial charge is 0.504 e. The number of likely N-dealkylation sites (tertiary alicyclic amines) is 1. The minimum atomic E-state index is -4.74. The number of phenols is 1. The van der Waals surface area contributed by atoms with Crippen molar-refractivity contribution in [1.82, 2.24) is 14.9 Å². The maximum Gasteiger partial charge on any atom is 0.417 e. The number of alkyl halides is 3. The van der Waals surface area contributed by atoms with Crippen LogP contribution in [0, 0.1) is 27.2 Å². The molecule has 0 radical (unpaired) electrons. The molecule has 4 amide bonds. The summed E-state index contributed by atoms with van der Waals surface area (Å²) in [6.45, 7) is 0. The van der Waals surface area contributed by atoms with E-state index in [9.17, 15) is 32.7 Å². The van der Waals surface area contributed by atoms with Crippen molar-refractivity contribution in [3.63, 3.8) is 0 Å². The number of halogens is 6. The minimum absolute atomic E-state index is 0.00683. The quantitative estimate of drug-likeness (QED) is 0.145. The van der Waals surface area contributed by atoms with E-state index in [-0.39, 0.29) is 48.0 Å². The van der Waals surface area contributed by atoms with Gasteiger partial charge in [-0.2, -0.15) is 18.2 Å². The number of nitrogens with one attached hydrogen (secondary N) is 1. The van der Waals surface area contributed by atoms with Crippen molar-refractivity contribution >= 4 is 75.2 Å². The van der Waals surface area contributed by atoms with E-state index >= 15 is 4.79 Å². The van der Waals surface area contributed by atoms with E-state index in [4.69, 9.17) is 27.9 Å². The van der Waals surface area contributed by atoms with E-state index in [1.54, 1.807) is 36.4 Å². The molecule has 5 aliphatic rings. The molecule has 2 aromatic carbocycles. The summed E-state index contributed by atoms with van der Waals surface area (Å²) in [4.78, 5) is 64.2. The highest BCUT2D eigenvalue weighted by Crippen LogP contribution is 2.65. The molecule has 2 aliphatic heterocycles. The third-order valence-electron chi connectivity index (χ3n) is 12.1. The summed E-state index contributed by atoms with van der Waals surface area (Å²) in [5.74, 6) is -6.49. The second kappa shape index (κ2) is 13.9. The molecule has 4 fully saturated rings. The molecule has 288 valence electrons. The number of fused-ring (bicyclic) bond motifs is 4. The number of phenolic OH excluding ortho intramolecular Hbond substituents is 1. The lowest BCUT2D eigenvalue weighted by Gasteiger charge is -2.50. The van der Waals surface area contributed by atoms with Crippen LogP contribution in [0.3, 0.4) is 0 Å². The van der Waals surface area contributed by atoms with Gasteiger partial charge in [0.25, 0.3) is 11.8 Å². The first-order chi connectivity index (χ1) is 26.2. The molecule has 2 saturated carbocycles. The van der Waals surface area contributed by atoms with Gasteiger partial charge in [-0.15, -0.1) is 0 Å². The van der Waals surface area contributed by atoms with Crippen molar-refractivity contribution in [3.05, 3.63) is 90.6 Å². The highest BCUT2D eigenvalue weighted by molar-refractivity contribution is 14.1. The standard InChI is InChI=1S/C39H34Cl2F3IN4O6/c1-55-29-14-18(13-28(45)32(29)50)31-23-11-12-24-30(36(53)48(34(24)51)22-5-3-2-4-6-22)25(23)16-26-35(52)49(37(54)38(26,31)19-7-9-21(40)10-8-19)47-33-27(41)15-20(17-46-33)39(42,43)44/h7-11,13-15,17,22,24-26,30-31,50H,2-6,12,16H2,1H3,(H,46,47). The predicted octanol–water partition coefficient (Wildman–Crippen LogP) is 8.04. The fourth-order valence-electron chi connectivity index (χ4n) is 9.80. The van der Waals surface area contributed by atoms with Gasteiger partial charge in [0, 0.05) is 23.2 Å². The zero-order chi connectivity index (χ0) is 39.1. The van der Waals surface area contributed by atoms with Crippen LogP contribution >= 0.6 is 45.8 Å². The van der Waals surface area contributed by atoms with Crippen molar-refractivity contribution in [1.29, 1.82) is 0 Å². The van der Waals surface area contributed by atoms with Crippen molar-refractivity contribution in [2.45, 2.75) is 68.5 Å². The summed E-state index contributed by atoms with van der Waals surface area (Å²) in [5.41, 5.74) is 1.42. The van der Waals surface area contributed by atoms with Crippen LogP contribution in [0.4, 0.5) is 19.0 Å². The number of allylic oxidation sites excluding steroid dienone is 2. The molecule has 3 aromatic rings. The number of ether oxygens (including phenoxy) is 1. The maximum absolute atomic E-state index is 15.4. The third-order valence-corrected chi connectivity index (χ3v) is 13.5. The molecule has 55 heavy (non-hydrogen) atoms. The second-order valence-electron chi connectivity index (χ2n) is 14.8. The molecule has 3 aliphatic carbocycles. The van der Waals surface area contributed by atoms with Gasteiger partial charge in [-0.3, -0.25) is 29.5 Å². The van der Waals surface area contributed by atoms with Gasteiger partial charge in [0.1, 0.15) is 0 Å². The van der Waals surface area contributed by atoms with E-state index in [1.165, 1.54) is 12.0 Å². The number of hydrazine groups is 1. The first kappa shape index (κ1) is 38.0. The van der Waals surface area contributed by atoms with Gasteiger partial charge >= 0.3 is 6.18 Å². The Bertz CT molecular complexity index is 2160. The molecule has 8 rings (SSSR count). The van der Waals surface area contributed by atoms with Crippen molar-refractivity contribution in [3.8, 4) is 11.5 Å². The van der Waals surface area contributed by atoms with E-state index in [0.717, 1.165) is 37.1 Å². The Labute approximate surface area is 337 Å². The van der Waals surface area contributed by atoms with E-state index in [2.05, 4.69) is 10.4 Å². The topological polar surface area (TPSA) is 129 Å². The number of hydrogen-bond donors (Lipinski definition) is 2. The summed E-state index contributed by atoms with van der Waals surface area (Å²) >= 11 is 14.6. The number of amides is 4. The number of nitrogens with zero attached hydrogens (tertiary/aromatic N) is 3. The van der Waals surface area contributed by atoms with Crippen molar-refractivity contribution in [2.75, 3.05) is 12.5 Å². The molecular formula is C39H34Cl2F3IN4O6. The lowest BCUT2D eigenvalue weighted by atomic mass is 9.49. The Kier molecular flexibility index (Phi) is 9.63. The maximum atomic E-state index is 15.4. The first-order valence-corrected chi connectivity index (χ1v) is 19.8. The lowest BCUT2D eigenvalue weighted by molar-refractivity contribution is -0.144. The highest BCUT2D eigenvalue weighted by Gasteiger charge is 2.70. The van der Waals surface area contributed by atoms with E-state index in [0.29, 0.717) is 37.6 Å². The van der Waals surface area contributed by atoms with Gasteiger partial charge in [0.05, 0.1) is 44.4 Å². The average Bonchev–Trinajstić information content (AvgIpc) is 3.54. The van der Waals surface area contributed by atoms with Gasteiger partial charge in [-0.05, 0) is 95.7 Å². The van der Waals surface area contributed by atoms with Crippen molar-refractivity contribution < 1.29 is 42.2 Å². The summed E-state index contributed by atoms with van der Waals surface area (Å²) in [6.07, 6.45) is 2.30. The smallest absolute Gasteiger partial charge is 0.417 e. The number of aromatic hydroxyl groups is 1. The highest BCUT2D eigenvalue weighted by atomic mass is 127. The Morgan fingerprint density at radius 2 is 1.69 bits per heavy atom. The van der Waals surface area contributed by atoms with Crippen molar-refractivity contribution in [2.24, 2.45) is 23.7 Å². The van der Waals surface area contributed by atoms with Gasteiger partial charge in [-0.25, -0.2) is 4.98 Å². The normalized spacial score (nSPS) is 28.2. The monoisotopic (exact) mass is 908 g/mol. The molecule has 10 nitrogen and oxygen atoms in total. The predicted molar refractivity (Wildman–Crippen MR) is 203 cm³/mol. The van der Waals surface area contributed by atoms with Gasteiger partial charge in [-0.1, -0.05) is 66.2 Å². The number of methoxy groups -OCH3 is 1. The molecule has 2 N–H and O–H groups in total. The number of aromatic nitrogens is 1. The zero-order valence-corrected chi connectivity index (χ0v) is 32.9. The zero-order valence-electron chi connectivity index (χ0n) is 29.2. The van der Waals surface area contributed by atoms with E-state index < -0.39 is 63.6 Å². The molecule has 0 bridgehead atoms. The summed E-state index contributed by atoms with van der Waals surface area (Å²) < 4.78 is 46.5. The summed E-state index contributed by atoms with van der Waals surface area (Å²) in [7, 11) is 1.39. The van der Waals surface area contributed by atoms with E-state index in [1.807, 2.05) is 28.7 Å². The van der Waals surface area contributed by atoms with Crippen LogP contribution in [0.5, 0.6) is 11.5 Å². The Hall–Kier alpha value is -3.89. The molecule has 0 spiro atoms. The first-order valence-electron chi connectivity index (χ1n) is 18.0. The number of anilines is 1. The summed E-state index contributed by atoms with van der Waals surface area (Å²) in [6, 6.07) is 10.3. The molecule has 6 atom stereocenters. The van der Waals surface area contributed by atoms with Crippen LogP contribution in [0.25, 0.3) is 0 Å². The van der Waals surface area contributed by atoms with Crippen LogP contribution in [-0.4, -0.2) is 56.8 Å². The number of benzene rings is 2. The fourth-order valence-corrected chi connectivity index (χ4v) is 10.8. The molecule has 6 unspecified atom stereocenters. The number of imide groups is 2. The number of rotatable bonds is 6. The van der Waals surface area contributed by atoms with Crippen LogP contribution in [0.1, 0.15) is 67.6 Å². The Morgan fingerprint density at radius 1 is 0.982 bits per heavy atom. The molecule has 1 aromatic heterocycles. The molecule has 16 heteroatoms. The SMILES string of the molecule is COc1cc(C2C3=CCC4C(=O)N(C5CCCCC5)C(=O)C4C3CC3C(=O)N(Nc4ncc(C(F)(F)F)cc4Cl)C(=O)C32c2ccc(Cl)cc2)cc(I)c1O. The summed E-state index contributed by atoms with van der Waals surface area (Å²) in [5, 5.41) is 11.6. The van der Waals surface area contributed by atoms with Crippen LogP contribution in [-0.2, 0) is 30.8 Å². The molecule has 3 heterocycles. The lowest BCUT2D eigenvalue weighted by Crippen LogP contribution is -2.53. The Balaban J connectivity index is 1.32. The fraction of sp³-hybridized carbons (Fsp3) is 0.410. The molecular weight excluding hydrogens is 875 g/mol. The van der Waals surface area contributed by atoms with Gasteiger partial charge < -0.3 is 9.84 Å². The number of carbonyl (C=O) groups excluding carboxylic acids is 4. The van der Waals surface area contributed by atoms with Crippen LogP contribution < -0.4 is 10.2 Å². The average molecular weight is 910 g/mol. The molecule has 2 saturated heterocycles. The second-order valence-corrected chi connectivity index (χ2v) is 16.8. The number of carbonyl (C=O) groups is 4. The van der Waals surface area contributed by atoms with Gasteiger partial charge in [0.15, 0.2) is 17.3 Å². The third kappa shape index (κ3) is 5.91. The number of pyridine rings is 1.